The second-order valence-corrected chi connectivity index (χ2v) is 8.37. The lowest BCUT2D eigenvalue weighted by atomic mass is 9.96. The van der Waals surface area contributed by atoms with Gasteiger partial charge in [-0.2, -0.15) is 0 Å². The molecule has 2 aliphatic rings. The highest BCUT2D eigenvalue weighted by molar-refractivity contribution is 5.87. The number of morpholine rings is 1. The fourth-order valence-electron chi connectivity index (χ4n) is 4.64. The van der Waals surface area contributed by atoms with E-state index < -0.39 is 0 Å². The van der Waals surface area contributed by atoms with Gasteiger partial charge in [-0.1, -0.05) is 42.5 Å². The summed E-state index contributed by atoms with van der Waals surface area (Å²) in [4.78, 5) is 29.6. The summed E-state index contributed by atoms with van der Waals surface area (Å²) in [6, 6.07) is 14.4. The third kappa shape index (κ3) is 4.82. The molecule has 0 aliphatic carbocycles. The molecule has 0 spiro atoms. The minimum Gasteiger partial charge on any atom is -0.378 e. The van der Waals surface area contributed by atoms with Crippen molar-refractivity contribution in [2.24, 2.45) is 5.92 Å². The van der Waals surface area contributed by atoms with Gasteiger partial charge in [0.15, 0.2) is 0 Å². The average Bonchev–Trinajstić information content (AvgIpc) is 2.78. The first-order valence-electron chi connectivity index (χ1n) is 11.0. The van der Waals surface area contributed by atoms with E-state index in [-0.39, 0.29) is 23.8 Å². The Labute approximate surface area is 178 Å². The Kier molecular flexibility index (Phi) is 6.65. The summed E-state index contributed by atoms with van der Waals surface area (Å²) in [6.07, 6.45) is 1.85. The zero-order valence-corrected chi connectivity index (χ0v) is 17.7. The largest absolute Gasteiger partial charge is 0.378 e. The number of fused-ring (bicyclic) bond motifs is 1. The van der Waals surface area contributed by atoms with Gasteiger partial charge in [0.2, 0.25) is 11.8 Å². The standard InChI is InChI=1S/C24H31N3O3/c1-18(21-10-4-7-19-6-2-3-9-22(19)21)25-23(28)17-26-11-5-8-20(16-26)24(29)27-12-14-30-15-13-27/h2-4,6-7,9-10,18,20H,5,8,11-17H2,1H3,(H,25,28)/t18-,20-/m1/s1. The van der Waals surface area contributed by atoms with Crippen molar-refractivity contribution in [3.05, 3.63) is 48.0 Å². The quantitative estimate of drug-likeness (QED) is 0.825. The van der Waals surface area contributed by atoms with Crippen molar-refractivity contribution in [1.29, 1.82) is 0 Å². The zero-order chi connectivity index (χ0) is 20.9. The van der Waals surface area contributed by atoms with E-state index in [1.165, 1.54) is 10.8 Å². The molecular weight excluding hydrogens is 378 g/mol. The molecule has 2 saturated heterocycles. The molecule has 4 rings (SSSR count). The van der Waals surface area contributed by atoms with Crippen LogP contribution in [-0.2, 0) is 14.3 Å². The number of piperidine rings is 1. The monoisotopic (exact) mass is 409 g/mol. The van der Waals surface area contributed by atoms with Gasteiger partial charge in [0.05, 0.1) is 31.7 Å². The van der Waals surface area contributed by atoms with Crippen LogP contribution in [0, 0.1) is 5.92 Å². The van der Waals surface area contributed by atoms with Crippen LogP contribution in [0.3, 0.4) is 0 Å². The van der Waals surface area contributed by atoms with Gasteiger partial charge in [0.1, 0.15) is 0 Å². The van der Waals surface area contributed by atoms with E-state index in [1.54, 1.807) is 0 Å². The SMILES string of the molecule is C[C@@H](NC(=O)CN1CCC[C@@H](C(=O)N2CCOCC2)C1)c1cccc2ccccc12. The molecule has 0 radical (unpaired) electrons. The molecule has 1 N–H and O–H groups in total. The van der Waals surface area contributed by atoms with Crippen LogP contribution in [0.25, 0.3) is 10.8 Å². The first-order chi connectivity index (χ1) is 14.6. The van der Waals surface area contributed by atoms with Crippen LogP contribution in [0.15, 0.2) is 42.5 Å². The molecule has 0 saturated carbocycles. The Bertz CT molecular complexity index is 889. The number of likely N-dealkylation sites (tertiary alicyclic amines) is 1. The highest BCUT2D eigenvalue weighted by Crippen LogP contribution is 2.24. The van der Waals surface area contributed by atoms with E-state index in [9.17, 15) is 9.59 Å². The third-order valence-electron chi connectivity index (χ3n) is 6.21. The highest BCUT2D eigenvalue weighted by Gasteiger charge is 2.30. The second kappa shape index (κ2) is 9.58. The maximum absolute atomic E-state index is 12.8. The lowest BCUT2D eigenvalue weighted by Crippen LogP contribution is -2.50. The van der Waals surface area contributed by atoms with Gasteiger partial charge in [0, 0.05) is 19.6 Å². The van der Waals surface area contributed by atoms with Gasteiger partial charge in [-0.3, -0.25) is 14.5 Å². The number of carbonyl (C=O) groups is 2. The second-order valence-electron chi connectivity index (χ2n) is 8.37. The number of nitrogens with one attached hydrogen (secondary N) is 1. The summed E-state index contributed by atoms with van der Waals surface area (Å²) >= 11 is 0. The van der Waals surface area contributed by atoms with Crippen molar-refractivity contribution in [3.63, 3.8) is 0 Å². The molecule has 2 fully saturated rings. The molecular formula is C24H31N3O3. The van der Waals surface area contributed by atoms with E-state index in [0.29, 0.717) is 39.4 Å². The number of amides is 2. The molecule has 2 heterocycles. The van der Waals surface area contributed by atoms with E-state index >= 15 is 0 Å². The third-order valence-corrected chi connectivity index (χ3v) is 6.21. The summed E-state index contributed by atoms with van der Waals surface area (Å²) in [5.41, 5.74) is 1.13. The van der Waals surface area contributed by atoms with Crippen molar-refractivity contribution in [2.45, 2.75) is 25.8 Å². The minimum absolute atomic E-state index is 0.00917. The Morgan fingerprint density at radius 2 is 1.87 bits per heavy atom. The molecule has 160 valence electrons. The number of nitrogens with zero attached hydrogens (tertiary/aromatic N) is 2. The van der Waals surface area contributed by atoms with Crippen molar-refractivity contribution < 1.29 is 14.3 Å². The zero-order valence-electron chi connectivity index (χ0n) is 17.7. The first kappa shape index (κ1) is 20.8. The van der Waals surface area contributed by atoms with Gasteiger partial charge in [0.25, 0.3) is 0 Å². The van der Waals surface area contributed by atoms with Gasteiger partial charge < -0.3 is 15.0 Å². The highest BCUT2D eigenvalue weighted by atomic mass is 16.5. The summed E-state index contributed by atoms with van der Waals surface area (Å²) in [5, 5.41) is 5.50. The van der Waals surface area contributed by atoms with Crippen LogP contribution in [0.1, 0.15) is 31.4 Å². The van der Waals surface area contributed by atoms with Crippen molar-refractivity contribution in [3.8, 4) is 0 Å². The van der Waals surface area contributed by atoms with Crippen molar-refractivity contribution in [1.82, 2.24) is 15.1 Å². The van der Waals surface area contributed by atoms with E-state index in [2.05, 4.69) is 34.5 Å². The molecule has 2 amide bonds. The number of benzene rings is 2. The fraction of sp³-hybridized carbons (Fsp3) is 0.500. The summed E-state index contributed by atoms with van der Waals surface area (Å²) in [7, 11) is 0. The first-order valence-corrected chi connectivity index (χ1v) is 11.0. The lowest BCUT2D eigenvalue weighted by molar-refractivity contribution is -0.142. The topological polar surface area (TPSA) is 61.9 Å². The Morgan fingerprint density at radius 1 is 1.10 bits per heavy atom. The Morgan fingerprint density at radius 3 is 2.70 bits per heavy atom. The molecule has 30 heavy (non-hydrogen) atoms. The predicted molar refractivity (Wildman–Crippen MR) is 117 cm³/mol. The number of hydrogen-bond donors (Lipinski definition) is 1. The van der Waals surface area contributed by atoms with Crippen molar-refractivity contribution >= 4 is 22.6 Å². The van der Waals surface area contributed by atoms with E-state index in [1.807, 2.05) is 30.0 Å². The fourth-order valence-corrected chi connectivity index (χ4v) is 4.64. The number of carbonyl (C=O) groups excluding carboxylic acids is 2. The maximum Gasteiger partial charge on any atom is 0.234 e. The molecule has 2 aromatic carbocycles. The normalized spacial score (nSPS) is 21.4. The van der Waals surface area contributed by atoms with Crippen LogP contribution < -0.4 is 5.32 Å². The Hall–Kier alpha value is -2.44. The molecule has 0 aromatic heterocycles. The lowest BCUT2D eigenvalue weighted by Gasteiger charge is -2.36. The molecule has 2 aromatic rings. The molecule has 6 nitrogen and oxygen atoms in total. The summed E-state index contributed by atoms with van der Waals surface area (Å²) < 4.78 is 5.35. The number of rotatable bonds is 5. The van der Waals surface area contributed by atoms with E-state index in [4.69, 9.17) is 4.74 Å². The van der Waals surface area contributed by atoms with Crippen LogP contribution in [0.5, 0.6) is 0 Å². The number of ether oxygens (including phenoxy) is 1. The van der Waals surface area contributed by atoms with Crippen LogP contribution in [0.2, 0.25) is 0 Å². The smallest absolute Gasteiger partial charge is 0.234 e. The minimum atomic E-state index is -0.0702. The molecule has 6 heteroatoms. The van der Waals surface area contributed by atoms with Crippen LogP contribution >= 0.6 is 0 Å². The number of hydrogen-bond acceptors (Lipinski definition) is 4. The van der Waals surface area contributed by atoms with Gasteiger partial charge in [-0.25, -0.2) is 0 Å². The van der Waals surface area contributed by atoms with Crippen molar-refractivity contribution in [2.75, 3.05) is 45.9 Å². The summed E-state index contributed by atoms with van der Waals surface area (Å²) in [6.45, 7) is 6.49. The molecule has 2 atom stereocenters. The molecule has 0 bridgehead atoms. The van der Waals surface area contributed by atoms with Crippen LogP contribution in [0.4, 0.5) is 0 Å². The summed E-state index contributed by atoms with van der Waals surface area (Å²) in [5.74, 6) is 0.211. The molecule has 0 unspecified atom stereocenters. The predicted octanol–water partition coefficient (Wildman–Crippen LogP) is 2.59. The average molecular weight is 410 g/mol. The maximum atomic E-state index is 12.8. The van der Waals surface area contributed by atoms with Gasteiger partial charge >= 0.3 is 0 Å². The molecule has 2 aliphatic heterocycles. The van der Waals surface area contributed by atoms with E-state index in [0.717, 1.165) is 24.9 Å². The van der Waals surface area contributed by atoms with Crippen LogP contribution in [-0.4, -0.2) is 67.6 Å². The van der Waals surface area contributed by atoms with Gasteiger partial charge in [-0.15, -0.1) is 0 Å². The van der Waals surface area contributed by atoms with Gasteiger partial charge in [-0.05, 0) is 42.6 Å². The Balaban J connectivity index is 1.33.